The third kappa shape index (κ3) is 25.1. The van der Waals surface area contributed by atoms with Gasteiger partial charge in [-0.15, -0.1) is 23.9 Å². The van der Waals surface area contributed by atoms with E-state index in [4.69, 9.17) is 21.8 Å². The summed E-state index contributed by atoms with van der Waals surface area (Å²) in [6, 6.07) is 0. The third-order valence-electron chi connectivity index (χ3n) is 0.389. The molecule has 2 N–H and O–H groups in total. The van der Waals surface area contributed by atoms with Crippen LogP contribution >= 0.6 is 11.6 Å². The summed E-state index contributed by atoms with van der Waals surface area (Å²) in [5.41, 5.74) is 0. The molecule has 0 radical (unpaired) electrons. The largest absolute Gasteiger partial charge is 0.876 e. The van der Waals surface area contributed by atoms with Crippen LogP contribution in [0.2, 0.25) is 0 Å². The molecule has 3 nitrogen and oxygen atoms in total. The lowest BCUT2D eigenvalue weighted by molar-refractivity contribution is -0.300. The average Bonchev–Trinajstić information content (AvgIpc) is 1.85. The van der Waals surface area contributed by atoms with Crippen molar-refractivity contribution in [1.82, 2.24) is 0 Å². The number of rotatable bonds is 2. The van der Waals surface area contributed by atoms with Gasteiger partial charge in [0.2, 0.25) is 0 Å². The second-order valence-corrected chi connectivity index (χ2v) is 2.00. The Morgan fingerprint density at radius 1 is 1.80 bits per heavy atom. The van der Waals surface area contributed by atoms with Crippen molar-refractivity contribution in [3.8, 4) is 0 Å². The molecule has 1 unspecified atom stereocenters. The Labute approximate surface area is 65.6 Å². The second kappa shape index (κ2) is 8.75. The number of aliphatic hydroxyl groups excluding tert-OH is 2. The highest BCUT2D eigenvalue weighted by Crippen LogP contribution is 1.81. The highest BCUT2D eigenvalue weighted by atomic mass is 35.5. The molecule has 0 spiro atoms. The maximum atomic E-state index is 9.33. The molecule has 0 amide bonds. The summed E-state index contributed by atoms with van der Waals surface area (Å²) in [7, 11) is 0. The predicted octanol–water partition coefficient (Wildman–Crippen LogP) is -0.541. The number of hydrogen-bond acceptors (Lipinski definition) is 3. The average molecular weight is 168 g/mol. The first-order valence-corrected chi connectivity index (χ1v) is 3.25. The molecule has 10 heavy (non-hydrogen) atoms. The molecule has 1 atom stereocenters. The van der Waals surface area contributed by atoms with E-state index < -0.39 is 6.10 Å². The summed E-state index contributed by atoms with van der Waals surface area (Å²) >= 11 is 5.04. The van der Waals surface area contributed by atoms with Crippen molar-refractivity contribution in [2.75, 3.05) is 12.5 Å². The Morgan fingerprint density at radius 2 is 2.10 bits per heavy atom. The van der Waals surface area contributed by atoms with E-state index in [1.54, 1.807) is 0 Å². The standard InChI is InChI=1S/C3H7ClO2.C3H6O/c4-1-3(6)2-5;1-3(2)4/h3,5-6H,1-2H2;4H,1H2,2H3/p-1. The predicted molar refractivity (Wildman–Crippen MR) is 38.6 cm³/mol. The van der Waals surface area contributed by atoms with Crippen LogP contribution in [0.4, 0.5) is 0 Å². The van der Waals surface area contributed by atoms with Gasteiger partial charge >= 0.3 is 0 Å². The normalized spacial score (nSPS) is 11.2. The SMILES string of the molecule is C=C(C)[O-].OCC(O)CCl. The fourth-order valence-corrected chi connectivity index (χ4v) is 0.146. The van der Waals surface area contributed by atoms with Gasteiger partial charge in [0.1, 0.15) is 0 Å². The molecule has 0 bridgehead atoms. The summed E-state index contributed by atoms with van der Waals surface area (Å²) in [5.74, 6) is 0.0243. The van der Waals surface area contributed by atoms with Crippen LogP contribution in [-0.2, 0) is 0 Å². The molecule has 0 aromatic rings. The van der Waals surface area contributed by atoms with E-state index in [0.717, 1.165) is 0 Å². The molecular weight excluding hydrogens is 156 g/mol. The van der Waals surface area contributed by atoms with Gasteiger partial charge in [-0.3, -0.25) is 0 Å². The van der Waals surface area contributed by atoms with Gasteiger partial charge in [-0.1, -0.05) is 6.92 Å². The topological polar surface area (TPSA) is 63.5 Å². The first-order valence-electron chi connectivity index (χ1n) is 2.72. The summed E-state index contributed by atoms with van der Waals surface area (Å²) in [6.45, 7) is 4.17. The van der Waals surface area contributed by atoms with Crippen LogP contribution in [0, 0.1) is 0 Å². The van der Waals surface area contributed by atoms with Gasteiger partial charge in [-0.05, 0) is 0 Å². The smallest absolute Gasteiger partial charge is 0.0905 e. The molecule has 0 heterocycles. The minimum atomic E-state index is -0.744. The first-order chi connectivity index (χ1) is 4.54. The number of alkyl halides is 1. The molecular formula is C6H12ClO3-. The minimum absolute atomic E-state index is 0.0833. The van der Waals surface area contributed by atoms with E-state index in [0.29, 0.717) is 0 Å². The highest BCUT2D eigenvalue weighted by Gasteiger charge is 1.94. The molecule has 0 aliphatic heterocycles. The van der Waals surface area contributed by atoms with Gasteiger partial charge in [0, 0.05) is 0 Å². The van der Waals surface area contributed by atoms with Crippen molar-refractivity contribution in [3.63, 3.8) is 0 Å². The van der Waals surface area contributed by atoms with Gasteiger partial charge in [0.05, 0.1) is 18.6 Å². The van der Waals surface area contributed by atoms with Crippen molar-refractivity contribution in [3.05, 3.63) is 12.3 Å². The second-order valence-electron chi connectivity index (χ2n) is 1.69. The lowest BCUT2D eigenvalue weighted by Crippen LogP contribution is -2.12. The quantitative estimate of drug-likeness (QED) is 0.429. The lowest BCUT2D eigenvalue weighted by Gasteiger charge is -1.95. The summed E-state index contributed by atoms with van der Waals surface area (Å²) in [6.07, 6.45) is -0.744. The Balaban J connectivity index is 0. The van der Waals surface area contributed by atoms with E-state index in [1.807, 2.05) is 0 Å². The fourth-order valence-electron chi connectivity index (χ4n) is 0.0488. The van der Waals surface area contributed by atoms with E-state index in [-0.39, 0.29) is 18.2 Å². The summed E-state index contributed by atoms with van der Waals surface area (Å²) < 4.78 is 0. The summed E-state index contributed by atoms with van der Waals surface area (Å²) in [4.78, 5) is 0. The van der Waals surface area contributed by atoms with E-state index in [2.05, 4.69) is 6.58 Å². The number of allylic oxidation sites excluding steroid dienone is 1. The van der Waals surface area contributed by atoms with Crippen LogP contribution in [0.15, 0.2) is 12.3 Å². The molecule has 4 heteroatoms. The van der Waals surface area contributed by atoms with Crippen LogP contribution in [-0.4, -0.2) is 28.8 Å². The van der Waals surface area contributed by atoms with Crippen LogP contribution < -0.4 is 5.11 Å². The number of halogens is 1. The number of hydrogen-bond donors (Lipinski definition) is 2. The van der Waals surface area contributed by atoms with Crippen molar-refractivity contribution in [2.24, 2.45) is 0 Å². The monoisotopic (exact) mass is 167 g/mol. The minimum Gasteiger partial charge on any atom is -0.876 e. The maximum absolute atomic E-state index is 9.33. The van der Waals surface area contributed by atoms with Crippen molar-refractivity contribution in [2.45, 2.75) is 13.0 Å². The molecule has 0 aromatic heterocycles. The third-order valence-corrected chi connectivity index (χ3v) is 0.745. The zero-order chi connectivity index (χ0) is 8.57. The van der Waals surface area contributed by atoms with Crippen LogP contribution in [0.5, 0.6) is 0 Å². The maximum Gasteiger partial charge on any atom is 0.0905 e. The molecule has 0 saturated heterocycles. The molecule has 0 aliphatic carbocycles. The van der Waals surface area contributed by atoms with Crippen molar-refractivity contribution >= 4 is 11.6 Å². The van der Waals surface area contributed by atoms with Gasteiger partial charge in [-0.25, -0.2) is 0 Å². The molecule has 0 fully saturated rings. The van der Waals surface area contributed by atoms with Gasteiger partial charge in [0.15, 0.2) is 0 Å². The van der Waals surface area contributed by atoms with Gasteiger partial charge in [0.25, 0.3) is 0 Å². The van der Waals surface area contributed by atoms with Gasteiger partial charge in [-0.2, -0.15) is 0 Å². The molecule has 0 aliphatic rings. The molecule has 62 valence electrons. The van der Waals surface area contributed by atoms with Crippen LogP contribution in [0.25, 0.3) is 0 Å². The molecule has 0 rings (SSSR count). The zero-order valence-electron chi connectivity index (χ0n) is 5.88. The van der Waals surface area contributed by atoms with Crippen LogP contribution in [0.3, 0.4) is 0 Å². The Hall–Kier alpha value is -0.250. The van der Waals surface area contributed by atoms with E-state index >= 15 is 0 Å². The number of aliphatic hydroxyl groups is 2. The highest BCUT2D eigenvalue weighted by molar-refractivity contribution is 6.18. The molecule has 0 aromatic carbocycles. The van der Waals surface area contributed by atoms with Crippen molar-refractivity contribution in [1.29, 1.82) is 0 Å². The molecule has 0 saturated carbocycles. The van der Waals surface area contributed by atoms with E-state index in [1.165, 1.54) is 6.92 Å². The van der Waals surface area contributed by atoms with Crippen molar-refractivity contribution < 1.29 is 15.3 Å². The van der Waals surface area contributed by atoms with Gasteiger partial charge < -0.3 is 15.3 Å². The van der Waals surface area contributed by atoms with E-state index in [9.17, 15) is 5.11 Å². The fraction of sp³-hybridized carbons (Fsp3) is 0.667. The summed E-state index contributed by atoms with van der Waals surface area (Å²) in [5, 5.41) is 25.6. The lowest BCUT2D eigenvalue weighted by atomic mass is 10.5. The Morgan fingerprint density at radius 3 is 2.10 bits per heavy atom. The Kier molecular flexibility index (Phi) is 10.9. The van der Waals surface area contributed by atoms with Crippen LogP contribution in [0.1, 0.15) is 6.92 Å². The zero-order valence-corrected chi connectivity index (χ0v) is 6.64. The Bertz CT molecular complexity index is 77.1. The first kappa shape index (κ1) is 12.4.